The lowest BCUT2D eigenvalue weighted by atomic mass is 9.97. The van der Waals surface area contributed by atoms with E-state index in [1.807, 2.05) is 20.0 Å². The van der Waals surface area contributed by atoms with Gasteiger partial charge in [-0.05, 0) is 50.2 Å². The standard InChI is InChI=1S/C23H27N3O5.C6H15N.C4H10/c1-5-24-20-14-19(31-13-12-29-3)15-21(30-4)23(20)16(2)25-17-6-8-18(9-7-17)26-22(28)10-11-27;1-6(2,3)5-7-4;1-3-4-2/h5-9,11,14-15,25H,2,10,12-13H2,1,3-4H3,(H,26,28);7H,5H2,1-4H3;3-4H2,1-2H3. The van der Waals surface area contributed by atoms with Gasteiger partial charge in [0.15, 0.2) is 0 Å². The number of nitrogens with one attached hydrogen (secondary N) is 3. The van der Waals surface area contributed by atoms with Gasteiger partial charge in [0.25, 0.3) is 0 Å². The second kappa shape index (κ2) is 22.0. The van der Waals surface area contributed by atoms with E-state index in [0.717, 1.165) is 12.2 Å². The highest BCUT2D eigenvalue weighted by Gasteiger charge is 2.16. The van der Waals surface area contributed by atoms with Gasteiger partial charge in [-0.2, -0.15) is 0 Å². The first-order chi connectivity index (χ1) is 20.0. The molecule has 2 aromatic carbocycles. The van der Waals surface area contributed by atoms with Crippen LogP contribution >= 0.6 is 0 Å². The number of aldehydes is 1. The van der Waals surface area contributed by atoms with Gasteiger partial charge in [0.2, 0.25) is 5.91 Å². The summed E-state index contributed by atoms with van der Waals surface area (Å²) >= 11 is 0. The fraction of sp³-hybridized carbons (Fsp3) is 0.485. The summed E-state index contributed by atoms with van der Waals surface area (Å²) in [5.41, 5.74) is 3.71. The van der Waals surface area contributed by atoms with Crippen molar-refractivity contribution in [3.63, 3.8) is 0 Å². The summed E-state index contributed by atoms with van der Waals surface area (Å²) in [7, 11) is 5.16. The lowest BCUT2D eigenvalue weighted by Crippen LogP contribution is -2.22. The minimum absolute atomic E-state index is 0.178. The first-order valence-electron chi connectivity index (χ1n) is 14.3. The molecule has 0 aromatic heterocycles. The van der Waals surface area contributed by atoms with E-state index >= 15 is 0 Å². The van der Waals surface area contributed by atoms with Gasteiger partial charge in [0.1, 0.15) is 24.4 Å². The largest absolute Gasteiger partial charge is 0.496 e. The van der Waals surface area contributed by atoms with Crippen molar-refractivity contribution in [2.45, 2.75) is 60.8 Å². The Morgan fingerprint density at radius 3 is 2.02 bits per heavy atom. The average Bonchev–Trinajstić information content (AvgIpc) is 2.94. The second-order valence-corrected chi connectivity index (χ2v) is 10.4. The predicted molar refractivity (Wildman–Crippen MR) is 177 cm³/mol. The lowest BCUT2D eigenvalue weighted by Gasteiger charge is -2.18. The van der Waals surface area contributed by atoms with Crippen LogP contribution in [0.2, 0.25) is 0 Å². The molecule has 9 nitrogen and oxygen atoms in total. The number of rotatable bonds is 14. The Labute approximate surface area is 253 Å². The van der Waals surface area contributed by atoms with Crippen molar-refractivity contribution in [3.8, 4) is 11.5 Å². The van der Waals surface area contributed by atoms with Gasteiger partial charge in [-0.15, -0.1) is 0 Å². The number of nitrogens with zero attached hydrogens (tertiary/aromatic N) is 1. The van der Waals surface area contributed by atoms with E-state index in [-0.39, 0.29) is 12.3 Å². The monoisotopic (exact) mass is 584 g/mol. The van der Waals surface area contributed by atoms with Crippen LogP contribution in [0, 0.1) is 5.41 Å². The summed E-state index contributed by atoms with van der Waals surface area (Å²) < 4.78 is 16.3. The Balaban J connectivity index is 0.00000130. The molecule has 42 heavy (non-hydrogen) atoms. The molecular weight excluding hydrogens is 532 g/mol. The number of hydrogen-bond donors (Lipinski definition) is 3. The van der Waals surface area contributed by atoms with Gasteiger partial charge in [-0.1, -0.05) is 54.0 Å². The summed E-state index contributed by atoms with van der Waals surface area (Å²) in [5.74, 6) is 0.812. The summed E-state index contributed by atoms with van der Waals surface area (Å²) in [6, 6.07) is 10.6. The summed E-state index contributed by atoms with van der Waals surface area (Å²) in [5, 5.41) is 8.98. The Kier molecular flexibility index (Phi) is 20.0. The normalized spacial score (nSPS) is 10.5. The van der Waals surface area contributed by atoms with Gasteiger partial charge in [0, 0.05) is 42.5 Å². The summed E-state index contributed by atoms with van der Waals surface area (Å²) in [4.78, 5) is 26.4. The first kappa shape index (κ1) is 38.3. The first-order valence-corrected chi connectivity index (χ1v) is 14.3. The van der Waals surface area contributed by atoms with Crippen LogP contribution in [0.1, 0.15) is 66.4 Å². The van der Waals surface area contributed by atoms with Crippen LogP contribution in [-0.4, -0.2) is 59.4 Å². The molecule has 3 N–H and O–H groups in total. The maximum absolute atomic E-state index is 11.5. The molecule has 2 aromatic rings. The van der Waals surface area contributed by atoms with E-state index in [9.17, 15) is 9.59 Å². The third-order valence-electron chi connectivity index (χ3n) is 5.34. The molecule has 0 bridgehead atoms. The second-order valence-electron chi connectivity index (χ2n) is 10.4. The highest BCUT2D eigenvalue weighted by atomic mass is 16.5. The van der Waals surface area contributed by atoms with Crippen molar-refractivity contribution in [1.82, 2.24) is 5.32 Å². The average molecular weight is 585 g/mol. The SMILES string of the molecule is C=C(Nc1ccc(NC(=O)CC=O)cc1)c1c(N=CC)cc(OCCOC)cc1OC.CCCC.CNCC(C)(C)C. The molecule has 0 aliphatic rings. The quantitative estimate of drug-likeness (QED) is 0.0939. The van der Waals surface area contributed by atoms with E-state index in [1.54, 1.807) is 50.8 Å². The zero-order valence-electron chi connectivity index (χ0n) is 27.1. The van der Waals surface area contributed by atoms with Gasteiger partial charge in [-0.25, -0.2) is 0 Å². The number of unbranched alkanes of at least 4 members (excludes halogenated alkanes) is 1. The maximum Gasteiger partial charge on any atom is 0.231 e. The molecule has 9 heteroatoms. The van der Waals surface area contributed by atoms with E-state index in [4.69, 9.17) is 14.2 Å². The fourth-order valence-corrected chi connectivity index (χ4v) is 3.30. The molecule has 234 valence electrons. The van der Waals surface area contributed by atoms with Gasteiger partial charge in [-0.3, -0.25) is 9.79 Å². The Hall–Kier alpha value is -3.69. The Morgan fingerprint density at radius 2 is 1.60 bits per heavy atom. The molecule has 0 aliphatic carbocycles. The number of benzene rings is 2. The fourth-order valence-electron chi connectivity index (χ4n) is 3.30. The van der Waals surface area contributed by atoms with Crippen molar-refractivity contribution in [1.29, 1.82) is 0 Å². The van der Waals surface area contributed by atoms with Crippen LogP contribution < -0.4 is 25.4 Å². The topological polar surface area (TPSA) is 110 Å². The minimum Gasteiger partial charge on any atom is -0.496 e. The minimum atomic E-state index is -0.361. The van der Waals surface area contributed by atoms with Gasteiger partial charge in [0.05, 0.1) is 31.4 Å². The molecule has 0 heterocycles. The van der Waals surface area contributed by atoms with E-state index < -0.39 is 0 Å². The maximum atomic E-state index is 11.5. The molecule has 0 spiro atoms. The van der Waals surface area contributed by atoms with Gasteiger partial charge < -0.3 is 35.0 Å². The molecule has 0 saturated heterocycles. The van der Waals surface area contributed by atoms with Crippen molar-refractivity contribution >= 4 is 41.2 Å². The third-order valence-corrected chi connectivity index (χ3v) is 5.34. The van der Waals surface area contributed by atoms with Crippen molar-refractivity contribution in [2.75, 3.05) is 51.7 Å². The van der Waals surface area contributed by atoms with Crippen LogP contribution in [0.25, 0.3) is 5.70 Å². The summed E-state index contributed by atoms with van der Waals surface area (Å²) in [6.45, 7) is 18.9. The Bertz CT molecular complexity index is 1090. The zero-order valence-corrected chi connectivity index (χ0v) is 27.1. The number of carbonyl (C=O) groups excluding carboxylic acids is 2. The van der Waals surface area contributed by atoms with Crippen LogP contribution in [0.5, 0.6) is 11.5 Å². The molecule has 0 atom stereocenters. The molecule has 0 saturated carbocycles. The number of methoxy groups -OCH3 is 2. The highest BCUT2D eigenvalue weighted by molar-refractivity contribution is 5.98. The molecule has 0 aliphatic heterocycles. The number of ether oxygens (including phenoxy) is 3. The van der Waals surface area contributed by atoms with Crippen LogP contribution in [0.3, 0.4) is 0 Å². The molecular formula is C33H52N4O5. The Morgan fingerprint density at radius 1 is 1.00 bits per heavy atom. The molecule has 2 rings (SSSR count). The molecule has 0 fully saturated rings. The van der Waals surface area contributed by atoms with E-state index in [1.165, 1.54) is 12.8 Å². The molecule has 1 amide bonds. The van der Waals surface area contributed by atoms with Crippen molar-refractivity contribution in [3.05, 3.63) is 48.5 Å². The smallest absolute Gasteiger partial charge is 0.231 e. The molecule has 0 radical (unpaired) electrons. The third kappa shape index (κ3) is 16.5. The number of aliphatic imine (C=N–C) groups is 1. The van der Waals surface area contributed by atoms with Crippen LogP contribution in [0.15, 0.2) is 48.0 Å². The van der Waals surface area contributed by atoms with Crippen LogP contribution in [-0.2, 0) is 14.3 Å². The predicted octanol–water partition coefficient (Wildman–Crippen LogP) is 7.11. The zero-order chi connectivity index (χ0) is 32.0. The van der Waals surface area contributed by atoms with E-state index in [2.05, 4.69) is 62.1 Å². The lowest BCUT2D eigenvalue weighted by molar-refractivity contribution is -0.119. The van der Waals surface area contributed by atoms with Crippen molar-refractivity contribution in [2.24, 2.45) is 10.4 Å². The number of carbonyl (C=O) groups is 2. The van der Waals surface area contributed by atoms with Gasteiger partial charge >= 0.3 is 0 Å². The van der Waals surface area contributed by atoms with Crippen LogP contribution in [0.4, 0.5) is 17.1 Å². The summed E-state index contributed by atoms with van der Waals surface area (Å²) in [6.07, 6.45) is 4.71. The van der Waals surface area contributed by atoms with Crippen molar-refractivity contribution < 1.29 is 23.8 Å². The number of hydrogen-bond acceptors (Lipinski definition) is 8. The molecule has 0 unspecified atom stereocenters. The highest BCUT2D eigenvalue weighted by Crippen LogP contribution is 2.39. The number of amides is 1. The van der Waals surface area contributed by atoms with E-state index in [0.29, 0.717) is 59.0 Å². The number of anilines is 2.